The van der Waals surface area contributed by atoms with E-state index in [1.54, 1.807) is 23.5 Å². The van der Waals surface area contributed by atoms with E-state index in [-0.39, 0.29) is 17.4 Å². The second-order valence-corrected chi connectivity index (χ2v) is 7.20. The highest BCUT2D eigenvalue weighted by molar-refractivity contribution is 7.16. The first-order valence-corrected chi connectivity index (χ1v) is 7.89. The molecule has 5 heteroatoms. The molecule has 3 N–H and O–H groups in total. The van der Waals surface area contributed by atoms with Crippen molar-refractivity contribution in [3.05, 3.63) is 44.1 Å². The highest BCUT2D eigenvalue weighted by Crippen LogP contribution is 2.47. The predicted molar refractivity (Wildman–Crippen MR) is 79.9 cm³/mol. The van der Waals surface area contributed by atoms with Crippen LogP contribution >= 0.6 is 22.9 Å². The van der Waals surface area contributed by atoms with Crippen molar-refractivity contribution in [1.29, 1.82) is 0 Å². The van der Waals surface area contributed by atoms with Gasteiger partial charge >= 0.3 is 0 Å². The molecule has 0 amide bonds. The molecule has 104 valence electrons. The van der Waals surface area contributed by atoms with Gasteiger partial charge in [-0.1, -0.05) is 11.6 Å². The fourth-order valence-corrected chi connectivity index (χ4v) is 4.90. The zero-order valence-electron chi connectivity index (χ0n) is 10.7. The summed E-state index contributed by atoms with van der Waals surface area (Å²) in [6.45, 7) is 0.860. The van der Waals surface area contributed by atoms with Crippen molar-refractivity contribution >= 4 is 22.9 Å². The van der Waals surface area contributed by atoms with Gasteiger partial charge in [0, 0.05) is 23.4 Å². The van der Waals surface area contributed by atoms with Gasteiger partial charge in [-0.3, -0.25) is 0 Å². The fraction of sp³-hybridized carbons (Fsp3) is 0.333. The van der Waals surface area contributed by atoms with Gasteiger partial charge in [-0.05, 0) is 47.7 Å². The number of phenols is 2. The van der Waals surface area contributed by atoms with Crippen LogP contribution in [0.1, 0.15) is 33.9 Å². The maximum absolute atomic E-state index is 9.83. The molecule has 1 aromatic heterocycles. The normalized spacial score (nSPS) is 23.9. The Morgan fingerprint density at radius 2 is 1.95 bits per heavy atom. The number of thiophene rings is 1. The van der Waals surface area contributed by atoms with Crippen LogP contribution in [0.15, 0.2) is 18.2 Å². The average molecular weight is 308 g/mol. The molecule has 0 bridgehead atoms. The molecule has 0 spiro atoms. The third-order valence-electron chi connectivity index (χ3n) is 4.35. The summed E-state index contributed by atoms with van der Waals surface area (Å²) in [7, 11) is 0. The highest BCUT2D eigenvalue weighted by Gasteiger charge is 2.36. The van der Waals surface area contributed by atoms with Gasteiger partial charge in [0.1, 0.15) is 0 Å². The number of hydrogen-bond acceptors (Lipinski definition) is 4. The number of benzene rings is 1. The number of phenolic OH excluding ortho intramolecular Hbond substituents is 2. The third-order valence-corrected chi connectivity index (χ3v) is 5.74. The van der Waals surface area contributed by atoms with E-state index in [2.05, 4.69) is 5.32 Å². The summed E-state index contributed by atoms with van der Waals surface area (Å²) >= 11 is 7.80. The molecule has 2 heterocycles. The van der Waals surface area contributed by atoms with Gasteiger partial charge in [0.2, 0.25) is 0 Å². The second-order valence-electron chi connectivity index (χ2n) is 5.48. The number of aromatic hydroxyl groups is 2. The van der Waals surface area contributed by atoms with E-state index in [1.165, 1.54) is 10.4 Å². The Kier molecular flexibility index (Phi) is 2.74. The largest absolute Gasteiger partial charge is 0.504 e. The van der Waals surface area contributed by atoms with Crippen molar-refractivity contribution in [3.63, 3.8) is 0 Å². The van der Waals surface area contributed by atoms with Crippen molar-refractivity contribution in [2.45, 2.75) is 31.3 Å². The van der Waals surface area contributed by atoms with Crippen molar-refractivity contribution in [3.8, 4) is 11.5 Å². The van der Waals surface area contributed by atoms with E-state index >= 15 is 0 Å². The lowest BCUT2D eigenvalue weighted by Gasteiger charge is -2.38. The Bertz CT molecular complexity index is 697. The van der Waals surface area contributed by atoms with Crippen LogP contribution in [0.3, 0.4) is 0 Å². The van der Waals surface area contributed by atoms with Gasteiger partial charge < -0.3 is 15.5 Å². The van der Waals surface area contributed by atoms with E-state index in [0.717, 1.165) is 34.8 Å². The van der Waals surface area contributed by atoms with E-state index in [1.807, 2.05) is 6.07 Å². The number of halogens is 1. The highest BCUT2D eigenvalue weighted by atomic mass is 35.5. The summed E-state index contributed by atoms with van der Waals surface area (Å²) in [5.74, 6) is 0.154. The van der Waals surface area contributed by atoms with Crippen LogP contribution in [0.5, 0.6) is 11.5 Å². The molecule has 20 heavy (non-hydrogen) atoms. The van der Waals surface area contributed by atoms with Crippen molar-refractivity contribution in [2.75, 3.05) is 0 Å². The summed E-state index contributed by atoms with van der Waals surface area (Å²) in [5, 5.41) is 23.1. The van der Waals surface area contributed by atoms with Gasteiger partial charge in [0.25, 0.3) is 0 Å². The van der Waals surface area contributed by atoms with Crippen molar-refractivity contribution in [2.24, 2.45) is 0 Å². The van der Waals surface area contributed by atoms with Crippen LogP contribution in [-0.4, -0.2) is 16.3 Å². The molecule has 4 rings (SSSR count). The molecular formula is C15H14ClNO2S. The predicted octanol–water partition coefficient (Wildman–Crippen LogP) is 3.36. The molecule has 0 saturated carbocycles. The molecule has 1 aromatic carbocycles. The van der Waals surface area contributed by atoms with Crippen molar-refractivity contribution < 1.29 is 10.2 Å². The number of aryl methyl sites for hydroxylation is 1. The molecule has 0 unspecified atom stereocenters. The lowest BCUT2D eigenvalue weighted by atomic mass is 9.75. The SMILES string of the molecule is Oc1cc2c(cc1O)[C@H]1c3sc(Cl)cc3CN[C@@H]1CC2. The van der Waals surface area contributed by atoms with Crippen LogP contribution in [0.2, 0.25) is 4.34 Å². The Labute approximate surface area is 125 Å². The summed E-state index contributed by atoms with van der Waals surface area (Å²) in [5.41, 5.74) is 3.49. The van der Waals surface area contributed by atoms with E-state index in [9.17, 15) is 10.2 Å². The van der Waals surface area contributed by atoms with E-state index in [0.29, 0.717) is 6.04 Å². The number of fused-ring (bicyclic) bond motifs is 5. The minimum absolute atomic E-state index is 0.0320. The summed E-state index contributed by atoms with van der Waals surface area (Å²) in [4.78, 5) is 1.30. The topological polar surface area (TPSA) is 52.5 Å². The summed E-state index contributed by atoms with van der Waals surface area (Å²) in [6.07, 6.45) is 1.96. The molecule has 2 aliphatic rings. The lowest BCUT2D eigenvalue weighted by molar-refractivity contribution is 0.383. The van der Waals surface area contributed by atoms with Crippen LogP contribution in [0.4, 0.5) is 0 Å². The third kappa shape index (κ3) is 1.75. The molecular weight excluding hydrogens is 294 g/mol. The summed E-state index contributed by atoms with van der Waals surface area (Å²) in [6, 6.07) is 5.82. The Balaban J connectivity index is 1.91. The Morgan fingerprint density at radius 1 is 1.15 bits per heavy atom. The molecule has 2 aromatic rings. The van der Waals surface area contributed by atoms with Gasteiger partial charge in [0.15, 0.2) is 11.5 Å². The molecule has 0 fully saturated rings. The quantitative estimate of drug-likeness (QED) is 0.654. The lowest BCUT2D eigenvalue weighted by Crippen LogP contribution is -2.41. The minimum Gasteiger partial charge on any atom is -0.504 e. The van der Waals surface area contributed by atoms with Gasteiger partial charge in [-0.15, -0.1) is 11.3 Å². The number of rotatable bonds is 0. The summed E-state index contributed by atoms with van der Waals surface area (Å²) < 4.78 is 0.813. The standard InChI is InChI=1S/C15H14ClNO2S/c16-13-4-8-6-17-10-2-1-7-3-11(18)12(19)5-9(7)14(10)15(8)20-13/h3-5,10,14,17-19H,1-2,6H2/t10-,14-/m1/s1. The van der Waals surface area contributed by atoms with Crippen LogP contribution in [0, 0.1) is 0 Å². The number of hydrogen-bond donors (Lipinski definition) is 3. The molecule has 1 aliphatic carbocycles. The molecule has 0 radical (unpaired) electrons. The molecule has 0 saturated heterocycles. The monoisotopic (exact) mass is 307 g/mol. The molecule has 2 atom stereocenters. The fourth-order valence-electron chi connectivity index (χ4n) is 3.43. The van der Waals surface area contributed by atoms with E-state index < -0.39 is 0 Å². The number of nitrogens with one attached hydrogen (secondary N) is 1. The minimum atomic E-state index is -0.0424. The first kappa shape index (κ1) is 12.5. The molecule has 3 nitrogen and oxygen atoms in total. The van der Waals surface area contributed by atoms with Gasteiger partial charge in [-0.25, -0.2) is 0 Å². The van der Waals surface area contributed by atoms with Crippen molar-refractivity contribution in [1.82, 2.24) is 5.32 Å². The van der Waals surface area contributed by atoms with Gasteiger partial charge in [-0.2, -0.15) is 0 Å². The maximum atomic E-state index is 9.83. The smallest absolute Gasteiger partial charge is 0.157 e. The van der Waals surface area contributed by atoms with E-state index in [4.69, 9.17) is 11.6 Å². The van der Waals surface area contributed by atoms with Crippen LogP contribution in [0.25, 0.3) is 0 Å². The zero-order chi connectivity index (χ0) is 13.9. The maximum Gasteiger partial charge on any atom is 0.157 e. The van der Waals surface area contributed by atoms with Crippen LogP contribution in [-0.2, 0) is 13.0 Å². The molecule has 1 aliphatic heterocycles. The zero-order valence-corrected chi connectivity index (χ0v) is 12.3. The second kappa shape index (κ2) is 4.38. The van der Waals surface area contributed by atoms with Crippen LogP contribution < -0.4 is 5.32 Å². The van der Waals surface area contributed by atoms with Gasteiger partial charge in [0.05, 0.1) is 4.34 Å². The first-order valence-electron chi connectivity index (χ1n) is 6.69. The average Bonchev–Trinajstić information content (AvgIpc) is 2.80. The Morgan fingerprint density at radius 3 is 2.80 bits per heavy atom. The first-order chi connectivity index (χ1) is 9.63. The Hall–Kier alpha value is -1.23.